The second-order valence-corrected chi connectivity index (χ2v) is 8.67. The number of hydrogen-bond acceptors (Lipinski definition) is 5. The summed E-state index contributed by atoms with van der Waals surface area (Å²) in [5.41, 5.74) is 1.81. The number of carbonyl (C=O) groups excluding carboxylic acids is 2. The number of thioether (sulfide) groups is 1. The monoisotopic (exact) mass is 406 g/mol. The Morgan fingerprint density at radius 1 is 1.33 bits per heavy atom. The average Bonchev–Trinajstić information content (AvgIpc) is 2.94. The lowest BCUT2D eigenvalue weighted by atomic mass is 9.94. The van der Waals surface area contributed by atoms with Crippen LogP contribution in [0.15, 0.2) is 40.5 Å². The van der Waals surface area contributed by atoms with Crippen molar-refractivity contribution >= 4 is 40.4 Å². The molecule has 0 bridgehead atoms. The highest BCUT2D eigenvalue weighted by Gasteiger charge is 2.47. The lowest BCUT2D eigenvalue weighted by Crippen LogP contribution is -2.40. The molecule has 1 aromatic rings. The van der Waals surface area contributed by atoms with E-state index in [0.717, 1.165) is 5.56 Å². The number of fused-ring (bicyclic) bond motifs is 1. The van der Waals surface area contributed by atoms with Gasteiger partial charge in [0.1, 0.15) is 0 Å². The van der Waals surface area contributed by atoms with Gasteiger partial charge >= 0.3 is 5.97 Å². The fourth-order valence-corrected chi connectivity index (χ4v) is 4.39. The topological polar surface area (TPSA) is 59.0 Å². The summed E-state index contributed by atoms with van der Waals surface area (Å²) in [5.74, 6) is -0.232. The van der Waals surface area contributed by atoms with E-state index in [1.54, 1.807) is 24.0 Å². The summed E-state index contributed by atoms with van der Waals surface area (Å²) in [7, 11) is 0. The third kappa shape index (κ3) is 3.92. The Labute approximate surface area is 168 Å². The molecule has 2 heterocycles. The second kappa shape index (κ2) is 8.07. The highest BCUT2D eigenvalue weighted by atomic mass is 35.5. The molecule has 2 aliphatic heterocycles. The predicted molar refractivity (Wildman–Crippen MR) is 109 cm³/mol. The van der Waals surface area contributed by atoms with Gasteiger partial charge in [-0.3, -0.25) is 9.69 Å². The number of hydrogen-bond donors (Lipinski definition) is 0. The highest BCUT2D eigenvalue weighted by molar-refractivity contribution is 8.15. The molecule has 7 heteroatoms. The van der Waals surface area contributed by atoms with Crippen molar-refractivity contribution in [2.45, 2.75) is 45.4 Å². The van der Waals surface area contributed by atoms with Crippen LogP contribution in [0.25, 0.3) is 0 Å². The van der Waals surface area contributed by atoms with E-state index in [1.165, 1.54) is 11.8 Å². The molecule has 1 aromatic carbocycles. The van der Waals surface area contributed by atoms with Crippen LogP contribution in [0, 0.1) is 5.92 Å². The van der Waals surface area contributed by atoms with Gasteiger partial charge in [0, 0.05) is 5.02 Å². The molecule has 0 radical (unpaired) electrons. The molecule has 0 aliphatic carbocycles. The number of carbonyl (C=O) groups is 2. The van der Waals surface area contributed by atoms with Gasteiger partial charge in [-0.15, -0.1) is 0 Å². The van der Waals surface area contributed by atoms with Crippen LogP contribution in [0.5, 0.6) is 0 Å². The second-order valence-electron chi connectivity index (χ2n) is 7.06. The number of aliphatic imine (C=N–C) groups is 1. The van der Waals surface area contributed by atoms with E-state index in [9.17, 15) is 9.59 Å². The van der Waals surface area contributed by atoms with Crippen LogP contribution in [0.4, 0.5) is 0 Å². The Morgan fingerprint density at radius 3 is 2.59 bits per heavy atom. The summed E-state index contributed by atoms with van der Waals surface area (Å²) in [6.45, 7) is 8.05. The normalized spacial score (nSPS) is 22.2. The van der Waals surface area contributed by atoms with E-state index in [-0.39, 0.29) is 17.1 Å². The summed E-state index contributed by atoms with van der Waals surface area (Å²) in [6.07, 6.45) is 0.707. The number of allylic oxidation sites excluding steroid dienone is 1. The fraction of sp³-hybridized carbons (Fsp3) is 0.450. The standard InChI is InChI=1S/C20H23ClN2O3S/c1-5-15-18(24)23-17(13-6-8-14(21)9-7-13)16(12(4)22-20(23)27-15)19(25)26-10-11(2)3/h6-9,11,15,17H,5,10H2,1-4H3. The molecule has 2 aliphatic rings. The van der Waals surface area contributed by atoms with E-state index in [2.05, 4.69) is 4.99 Å². The number of halogens is 1. The molecule has 5 nitrogen and oxygen atoms in total. The van der Waals surface area contributed by atoms with Gasteiger partial charge in [0.15, 0.2) is 5.17 Å². The maximum Gasteiger partial charge on any atom is 0.338 e. The minimum absolute atomic E-state index is 0.0251. The highest BCUT2D eigenvalue weighted by Crippen LogP contribution is 2.44. The Hall–Kier alpha value is -1.79. The van der Waals surface area contributed by atoms with Gasteiger partial charge < -0.3 is 4.74 Å². The molecule has 2 atom stereocenters. The third-order valence-corrected chi connectivity index (χ3v) is 6.05. The number of amidine groups is 1. The number of benzene rings is 1. The lowest BCUT2D eigenvalue weighted by molar-refractivity contribution is -0.141. The van der Waals surface area contributed by atoms with Crippen molar-refractivity contribution in [2.75, 3.05) is 6.61 Å². The molecular formula is C20H23ClN2O3S. The quantitative estimate of drug-likeness (QED) is 0.671. The van der Waals surface area contributed by atoms with Crippen molar-refractivity contribution < 1.29 is 14.3 Å². The molecule has 0 saturated carbocycles. The molecule has 3 rings (SSSR count). The molecule has 0 spiro atoms. The van der Waals surface area contributed by atoms with Crippen molar-refractivity contribution in [1.29, 1.82) is 0 Å². The minimum atomic E-state index is -0.550. The molecule has 144 valence electrons. The van der Waals surface area contributed by atoms with Gasteiger partial charge in [0.2, 0.25) is 5.91 Å². The van der Waals surface area contributed by atoms with Crippen molar-refractivity contribution in [3.63, 3.8) is 0 Å². The van der Waals surface area contributed by atoms with Gasteiger partial charge in [-0.1, -0.05) is 56.3 Å². The molecular weight excluding hydrogens is 384 g/mol. The Bertz CT molecular complexity index is 817. The fourth-order valence-electron chi connectivity index (χ4n) is 3.13. The Kier molecular flexibility index (Phi) is 5.96. The largest absolute Gasteiger partial charge is 0.462 e. The molecule has 27 heavy (non-hydrogen) atoms. The average molecular weight is 407 g/mol. The lowest BCUT2D eigenvalue weighted by Gasteiger charge is -2.33. The van der Waals surface area contributed by atoms with Gasteiger partial charge in [0.25, 0.3) is 0 Å². The first kappa shape index (κ1) is 20.0. The summed E-state index contributed by atoms with van der Waals surface area (Å²) in [6, 6.07) is 6.66. The smallest absolute Gasteiger partial charge is 0.338 e. The van der Waals surface area contributed by atoms with Crippen molar-refractivity contribution in [3.8, 4) is 0 Å². The first-order valence-corrected chi connectivity index (χ1v) is 10.3. The van der Waals surface area contributed by atoms with Crippen molar-refractivity contribution in [1.82, 2.24) is 4.90 Å². The Morgan fingerprint density at radius 2 is 2.00 bits per heavy atom. The van der Waals surface area contributed by atoms with E-state index < -0.39 is 12.0 Å². The van der Waals surface area contributed by atoms with Crippen LogP contribution in [0.2, 0.25) is 5.02 Å². The van der Waals surface area contributed by atoms with Crippen LogP contribution in [0.1, 0.15) is 45.7 Å². The van der Waals surface area contributed by atoms with Crippen LogP contribution in [-0.2, 0) is 14.3 Å². The van der Waals surface area contributed by atoms with E-state index in [0.29, 0.717) is 34.5 Å². The number of rotatable bonds is 5. The zero-order valence-electron chi connectivity index (χ0n) is 15.9. The first-order valence-electron chi connectivity index (χ1n) is 9.05. The minimum Gasteiger partial charge on any atom is -0.462 e. The molecule has 0 N–H and O–H groups in total. The molecule has 1 fully saturated rings. The van der Waals surface area contributed by atoms with Crippen LogP contribution < -0.4 is 0 Å². The zero-order valence-corrected chi connectivity index (χ0v) is 17.4. The summed E-state index contributed by atoms with van der Waals surface area (Å²) in [5, 5.41) is 1.06. The van der Waals surface area contributed by atoms with Crippen LogP contribution in [0.3, 0.4) is 0 Å². The maximum atomic E-state index is 13.0. The van der Waals surface area contributed by atoms with Gasteiger partial charge in [0.05, 0.1) is 29.2 Å². The van der Waals surface area contributed by atoms with E-state index in [4.69, 9.17) is 16.3 Å². The van der Waals surface area contributed by atoms with E-state index >= 15 is 0 Å². The number of amides is 1. The van der Waals surface area contributed by atoms with Crippen molar-refractivity contribution in [3.05, 3.63) is 46.1 Å². The SMILES string of the molecule is CCC1SC2=NC(C)=C(C(=O)OCC(C)C)C(c3ccc(Cl)cc3)N2C1=O. The number of esters is 1. The summed E-state index contributed by atoms with van der Waals surface area (Å²) in [4.78, 5) is 32.1. The van der Waals surface area contributed by atoms with Gasteiger partial charge in [-0.2, -0.15) is 0 Å². The van der Waals surface area contributed by atoms with Crippen LogP contribution >= 0.6 is 23.4 Å². The number of ether oxygens (including phenoxy) is 1. The summed E-state index contributed by atoms with van der Waals surface area (Å²) < 4.78 is 5.49. The first-order chi connectivity index (χ1) is 12.8. The summed E-state index contributed by atoms with van der Waals surface area (Å²) >= 11 is 7.49. The molecule has 1 saturated heterocycles. The Balaban J connectivity index is 2.06. The zero-order chi connectivity index (χ0) is 19.7. The third-order valence-electron chi connectivity index (χ3n) is 4.48. The van der Waals surface area contributed by atoms with Crippen molar-refractivity contribution in [2.24, 2.45) is 10.9 Å². The predicted octanol–water partition coefficient (Wildman–Crippen LogP) is 4.58. The van der Waals surface area contributed by atoms with E-state index in [1.807, 2.05) is 32.9 Å². The van der Waals surface area contributed by atoms with Gasteiger partial charge in [-0.25, -0.2) is 9.79 Å². The molecule has 1 amide bonds. The van der Waals surface area contributed by atoms with Gasteiger partial charge in [-0.05, 0) is 37.0 Å². The molecule has 0 aromatic heterocycles. The number of nitrogens with zero attached hydrogens (tertiary/aromatic N) is 2. The van der Waals surface area contributed by atoms with Crippen LogP contribution in [-0.4, -0.2) is 33.8 Å². The maximum absolute atomic E-state index is 13.0. The molecule has 2 unspecified atom stereocenters.